The molecule has 0 radical (unpaired) electrons. The number of rotatable bonds is 4. The van der Waals surface area contributed by atoms with Crippen molar-refractivity contribution in [3.05, 3.63) is 46.3 Å². The SMILES string of the molecule is COC(=O)[C@H]1C(=O)C2=C(C[C@H]1C)NC(C)=C(C(=O)OC1CCCCC1)[C@@H]2c1ccc2c(c1)OCO2. The van der Waals surface area contributed by atoms with Gasteiger partial charge in [-0.2, -0.15) is 0 Å². The smallest absolute Gasteiger partial charge is 0.337 e. The topological polar surface area (TPSA) is 100 Å². The molecule has 186 valence electrons. The zero-order chi connectivity index (χ0) is 24.7. The number of hydrogen-bond donors (Lipinski definition) is 1. The van der Waals surface area contributed by atoms with E-state index in [2.05, 4.69) is 5.32 Å². The van der Waals surface area contributed by atoms with E-state index in [0.29, 0.717) is 40.3 Å². The minimum atomic E-state index is -0.925. The van der Waals surface area contributed by atoms with Crippen LogP contribution >= 0.6 is 0 Å². The fourth-order valence-corrected chi connectivity index (χ4v) is 5.77. The van der Waals surface area contributed by atoms with Gasteiger partial charge in [-0.1, -0.05) is 19.4 Å². The molecule has 1 saturated carbocycles. The van der Waals surface area contributed by atoms with E-state index in [4.69, 9.17) is 18.9 Å². The second-order valence-electron chi connectivity index (χ2n) is 9.81. The molecule has 35 heavy (non-hydrogen) atoms. The first-order valence-electron chi connectivity index (χ1n) is 12.3. The van der Waals surface area contributed by atoms with Crippen molar-refractivity contribution in [2.24, 2.45) is 11.8 Å². The van der Waals surface area contributed by atoms with E-state index in [1.165, 1.54) is 7.11 Å². The summed E-state index contributed by atoms with van der Waals surface area (Å²) in [5.41, 5.74) is 2.91. The highest BCUT2D eigenvalue weighted by molar-refractivity contribution is 6.12. The van der Waals surface area contributed by atoms with Gasteiger partial charge in [0.1, 0.15) is 12.0 Å². The highest BCUT2D eigenvalue weighted by Gasteiger charge is 2.47. The van der Waals surface area contributed by atoms with Crippen LogP contribution in [0.4, 0.5) is 0 Å². The summed E-state index contributed by atoms with van der Waals surface area (Å²) in [5, 5.41) is 3.31. The van der Waals surface area contributed by atoms with Crippen LogP contribution in [0.15, 0.2) is 40.7 Å². The largest absolute Gasteiger partial charge is 0.468 e. The van der Waals surface area contributed by atoms with Crippen LogP contribution < -0.4 is 14.8 Å². The number of carbonyl (C=O) groups is 3. The molecule has 0 bridgehead atoms. The second kappa shape index (κ2) is 9.40. The number of carbonyl (C=O) groups excluding carboxylic acids is 3. The third-order valence-corrected chi connectivity index (χ3v) is 7.52. The predicted octanol–water partition coefficient (Wildman–Crippen LogP) is 3.90. The Kier molecular flexibility index (Phi) is 6.30. The quantitative estimate of drug-likeness (QED) is 0.511. The Hall–Kier alpha value is -3.29. The van der Waals surface area contributed by atoms with Gasteiger partial charge in [-0.15, -0.1) is 0 Å². The number of methoxy groups -OCH3 is 1. The first-order chi connectivity index (χ1) is 16.9. The molecule has 0 spiro atoms. The van der Waals surface area contributed by atoms with Crippen LogP contribution in [0.25, 0.3) is 0 Å². The average Bonchev–Trinajstić information content (AvgIpc) is 3.31. The highest BCUT2D eigenvalue weighted by atomic mass is 16.7. The lowest BCUT2D eigenvalue weighted by Crippen LogP contribution is -2.43. The van der Waals surface area contributed by atoms with Crippen molar-refractivity contribution in [2.75, 3.05) is 13.9 Å². The molecule has 5 rings (SSSR count). The Morgan fingerprint density at radius 2 is 1.83 bits per heavy atom. The Balaban J connectivity index is 1.59. The van der Waals surface area contributed by atoms with Gasteiger partial charge in [0.15, 0.2) is 17.3 Å². The van der Waals surface area contributed by atoms with Crippen molar-refractivity contribution in [1.29, 1.82) is 0 Å². The van der Waals surface area contributed by atoms with Crippen LogP contribution in [-0.4, -0.2) is 37.7 Å². The zero-order valence-electron chi connectivity index (χ0n) is 20.3. The number of dihydropyridines is 1. The Bertz CT molecular complexity index is 1130. The molecular formula is C27H31NO7. The van der Waals surface area contributed by atoms with E-state index in [1.807, 2.05) is 26.0 Å². The van der Waals surface area contributed by atoms with Gasteiger partial charge in [-0.05, 0) is 62.6 Å². The predicted molar refractivity (Wildman–Crippen MR) is 125 cm³/mol. The van der Waals surface area contributed by atoms with E-state index >= 15 is 0 Å². The first-order valence-corrected chi connectivity index (χ1v) is 12.3. The maximum atomic E-state index is 13.8. The van der Waals surface area contributed by atoms with Crippen LogP contribution in [0.2, 0.25) is 0 Å². The molecule has 8 nitrogen and oxygen atoms in total. The zero-order valence-corrected chi connectivity index (χ0v) is 20.3. The Morgan fingerprint density at radius 1 is 1.09 bits per heavy atom. The van der Waals surface area contributed by atoms with Gasteiger partial charge < -0.3 is 24.3 Å². The molecule has 2 aliphatic heterocycles. The van der Waals surface area contributed by atoms with E-state index in [1.54, 1.807) is 6.07 Å². The molecule has 0 aromatic heterocycles. The first kappa shape index (κ1) is 23.5. The molecule has 4 aliphatic rings. The lowest BCUT2D eigenvalue weighted by Gasteiger charge is -2.38. The Labute approximate surface area is 204 Å². The van der Waals surface area contributed by atoms with Crippen molar-refractivity contribution >= 4 is 17.7 Å². The normalized spacial score (nSPS) is 26.3. The van der Waals surface area contributed by atoms with Gasteiger partial charge in [0.2, 0.25) is 6.79 Å². The third kappa shape index (κ3) is 4.19. The summed E-state index contributed by atoms with van der Waals surface area (Å²) in [6.45, 7) is 3.82. The molecule has 0 amide bonds. The van der Waals surface area contributed by atoms with Crippen molar-refractivity contribution in [3.63, 3.8) is 0 Å². The monoisotopic (exact) mass is 481 g/mol. The van der Waals surface area contributed by atoms with Crippen molar-refractivity contribution in [3.8, 4) is 11.5 Å². The Morgan fingerprint density at radius 3 is 2.57 bits per heavy atom. The van der Waals surface area contributed by atoms with Crippen molar-refractivity contribution in [1.82, 2.24) is 5.32 Å². The number of esters is 2. The fourth-order valence-electron chi connectivity index (χ4n) is 5.77. The minimum absolute atomic E-state index is 0.116. The molecule has 1 fully saturated rings. The average molecular weight is 482 g/mol. The number of ether oxygens (including phenoxy) is 4. The molecule has 1 aromatic rings. The number of ketones is 1. The maximum absolute atomic E-state index is 13.8. The number of hydrogen-bond acceptors (Lipinski definition) is 8. The maximum Gasteiger partial charge on any atom is 0.337 e. The minimum Gasteiger partial charge on any atom is -0.468 e. The third-order valence-electron chi connectivity index (χ3n) is 7.52. The van der Waals surface area contributed by atoms with E-state index in [0.717, 1.165) is 37.8 Å². The lowest BCUT2D eigenvalue weighted by molar-refractivity contribution is -0.151. The molecule has 0 saturated heterocycles. The van der Waals surface area contributed by atoms with Gasteiger partial charge >= 0.3 is 11.9 Å². The molecule has 0 unspecified atom stereocenters. The summed E-state index contributed by atoms with van der Waals surface area (Å²) < 4.78 is 22.0. The number of allylic oxidation sites excluding steroid dienone is 3. The fraction of sp³-hybridized carbons (Fsp3) is 0.519. The molecule has 2 heterocycles. The molecule has 1 N–H and O–H groups in total. The van der Waals surface area contributed by atoms with Gasteiger partial charge in [0.05, 0.1) is 12.7 Å². The number of benzene rings is 1. The van der Waals surface area contributed by atoms with E-state index in [-0.39, 0.29) is 24.6 Å². The molecule has 3 atom stereocenters. The highest BCUT2D eigenvalue weighted by Crippen LogP contribution is 2.47. The number of Topliss-reactive ketones (excluding diaryl/α,β-unsaturated/α-hetero) is 1. The van der Waals surface area contributed by atoms with Crippen molar-refractivity contribution in [2.45, 2.75) is 64.4 Å². The second-order valence-corrected chi connectivity index (χ2v) is 9.81. The molecule has 1 aromatic carbocycles. The summed E-state index contributed by atoms with van der Waals surface area (Å²) in [7, 11) is 1.29. The van der Waals surface area contributed by atoms with Gasteiger partial charge in [0, 0.05) is 22.9 Å². The number of nitrogens with one attached hydrogen (secondary N) is 1. The summed E-state index contributed by atoms with van der Waals surface area (Å²) >= 11 is 0. The summed E-state index contributed by atoms with van der Waals surface area (Å²) in [5.74, 6) is -2.00. The van der Waals surface area contributed by atoms with Gasteiger partial charge in [0.25, 0.3) is 0 Å². The van der Waals surface area contributed by atoms with E-state index in [9.17, 15) is 14.4 Å². The molecule has 8 heteroatoms. The van der Waals surface area contributed by atoms with Gasteiger partial charge in [-0.25, -0.2) is 4.79 Å². The van der Waals surface area contributed by atoms with E-state index < -0.39 is 23.8 Å². The molecular weight excluding hydrogens is 450 g/mol. The van der Waals surface area contributed by atoms with Crippen LogP contribution in [0, 0.1) is 11.8 Å². The lowest BCUT2D eigenvalue weighted by atomic mass is 9.69. The number of fused-ring (bicyclic) bond motifs is 1. The standard InChI is InChI=1S/C27H31NO7/c1-14-11-18-24(25(29)21(14)26(30)32-3)23(16-9-10-19-20(12-16)34-13-33-19)22(15(2)28-18)27(31)35-17-7-5-4-6-8-17/h9-10,12,14,17,21,23,28H,4-8,11,13H2,1-3H3/t14-,21-,23+/m1/s1. The van der Waals surface area contributed by atoms with Crippen LogP contribution in [-0.2, 0) is 23.9 Å². The van der Waals surface area contributed by atoms with Crippen LogP contribution in [0.3, 0.4) is 0 Å². The van der Waals surface area contributed by atoms with Crippen molar-refractivity contribution < 1.29 is 33.3 Å². The van der Waals surface area contributed by atoms with Gasteiger partial charge in [-0.3, -0.25) is 9.59 Å². The summed E-state index contributed by atoms with van der Waals surface area (Å²) in [6.07, 6.45) is 5.26. The van der Waals surface area contributed by atoms with Crippen LogP contribution in [0.1, 0.15) is 63.9 Å². The molecule has 2 aliphatic carbocycles. The van der Waals surface area contributed by atoms with Crippen LogP contribution in [0.5, 0.6) is 11.5 Å². The summed E-state index contributed by atoms with van der Waals surface area (Å²) in [4.78, 5) is 40.0. The summed E-state index contributed by atoms with van der Waals surface area (Å²) in [6, 6.07) is 5.43.